The van der Waals surface area contributed by atoms with Crippen molar-refractivity contribution in [3.63, 3.8) is 0 Å². The number of halogens is 1. The van der Waals surface area contributed by atoms with Gasteiger partial charge in [0.15, 0.2) is 0 Å². The predicted molar refractivity (Wildman–Crippen MR) is 125 cm³/mol. The molecule has 0 saturated carbocycles. The van der Waals surface area contributed by atoms with Crippen LogP contribution in [0.25, 0.3) is 0 Å². The van der Waals surface area contributed by atoms with Crippen molar-refractivity contribution in [2.24, 2.45) is 5.10 Å². The second-order valence-corrected chi connectivity index (χ2v) is 6.89. The molecule has 3 N–H and O–H groups in total. The second-order valence-electron chi connectivity index (χ2n) is 6.48. The van der Waals surface area contributed by atoms with E-state index in [-0.39, 0.29) is 5.95 Å². The highest BCUT2D eigenvalue weighted by molar-refractivity contribution is 6.33. The monoisotopic (exact) mass is 449 g/mol. The van der Waals surface area contributed by atoms with Gasteiger partial charge < -0.3 is 19.8 Å². The summed E-state index contributed by atoms with van der Waals surface area (Å²) in [7, 11) is 1.62. The summed E-state index contributed by atoms with van der Waals surface area (Å²) in [5, 5.41) is 11.1. The third-order valence-corrected chi connectivity index (χ3v) is 4.60. The van der Waals surface area contributed by atoms with Crippen LogP contribution in [-0.2, 0) is 6.54 Å². The van der Waals surface area contributed by atoms with E-state index in [1.54, 1.807) is 25.7 Å². The van der Waals surface area contributed by atoms with Crippen LogP contribution < -0.4 is 20.8 Å². The number of benzene rings is 2. The Morgan fingerprint density at radius 2 is 1.75 bits per heavy atom. The highest BCUT2D eigenvalue weighted by atomic mass is 35.5. The molecule has 0 aliphatic carbocycles. The van der Waals surface area contributed by atoms with Crippen molar-refractivity contribution in [1.82, 2.24) is 15.0 Å². The summed E-state index contributed by atoms with van der Waals surface area (Å²) in [6.07, 6.45) is 3.20. The third-order valence-electron chi connectivity index (χ3n) is 4.26. The molecular formula is C22H20ClN7O2. The molecule has 2 heterocycles. The molecule has 0 atom stereocenters. The fraction of sp³-hybridized carbons (Fsp3) is 0.0909. The van der Waals surface area contributed by atoms with Crippen molar-refractivity contribution in [3.8, 4) is 5.75 Å². The Morgan fingerprint density at radius 1 is 0.969 bits per heavy atom. The molecular weight excluding hydrogens is 430 g/mol. The van der Waals surface area contributed by atoms with E-state index in [1.807, 2.05) is 54.6 Å². The number of rotatable bonds is 9. The molecule has 0 unspecified atom stereocenters. The van der Waals surface area contributed by atoms with Crippen LogP contribution in [0.15, 0.2) is 76.4 Å². The fourth-order valence-electron chi connectivity index (χ4n) is 2.68. The van der Waals surface area contributed by atoms with E-state index >= 15 is 0 Å². The first-order valence-electron chi connectivity index (χ1n) is 9.66. The molecule has 0 amide bonds. The number of anilines is 4. The maximum absolute atomic E-state index is 6.16. The van der Waals surface area contributed by atoms with Crippen LogP contribution in [0.2, 0.25) is 5.02 Å². The second kappa shape index (κ2) is 10.3. The van der Waals surface area contributed by atoms with Gasteiger partial charge in [-0.2, -0.15) is 20.1 Å². The maximum Gasteiger partial charge on any atom is 0.250 e. The van der Waals surface area contributed by atoms with Gasteiger partial charge in [-0.1, -0.05) is 29.8 Å². The predicted octanol–water partition coefficient (Wildman–Crippen LogP) is 4.93. The van der Waals surface area contributed by atoms with Gasteiger partial charge in [-0.3, -0.25) is 0 Å². The quantitative estimate of drug-likeness (QED) is 0.244. The average molecular weight is 450 g/mol. The van der Waals surface area contributed by atoms with E-state index in [1.165, 1.54) is 0 Å². The van der Waals surface area contributed by atoms with E-state index < -0.39 is 0 Å². The van der Waals surface area contributed by atoms with Gasteiger partial charge >= 0.3 is 0 Å². The number of ether oxygens (including phenoxy) is 1. The molecule has 32 heavy (non-hydrogen) atoms. The summed E-state index contributed by atoms with van der Waals surface area (Å²) >= 11 is 6.16. The van der Waals surface area contributed by atoms with Crippen LogP contribution in [0.1, 0.15) is 11.3 Å². The van der Waals surface area contributed by atoms with Crippen LogP contribution in [-0.4, -0.2) is 28.3 Å². The summed E-state index contributed by atoms with van der Waals surface area (Å²) in [5.41, 5.74) is 4.38. The molecule has 4 aromatic rings. The van der Waals surface area contributed by atoms with E-state index in [4.69, 9.17) is 20.8 Å². The molecule has 0 aliphatic heterocycles. The van der Waals surface area contributed by atoms with Crippen molar-refractivity contribution in [3.05, 3.63) is 83.3 Å². The molecule has 2 aromatic heterocycles. The molecule has 2 aromatic carbocycles. The fourth-order valence-corrected chi connectivity index (χ4v) is 2.87. The van der Waals surface area contributed by atoms with Crippen LogP contribution in [0.3, 0.4) is 0 Å². The molecule has 4 rings (SSSR count). The lowest BCUT2D eigenvalue weighted by molar-refractivity contribution is 0.415. The van der Waals surface area contributed by atoms with Crippen molar-refractivity contribution < 1.29 is 9.15 Å². The van der Waals surface area contributed by atoms with Gasteiger partial charge in [-0.25, -0.2) is 5.43 Å². The number of aromatic nitrogens is 3. The van der Waals surface area contributed by atoms with Gasteiger partial charge in [0.05, 0.1) is 26.1 Å². The zero-order valence-corrected chi connectivity index (χ0v) is 17.9. The first-order valence-corrected chi connectivity index (χ1v) is 10.0. The number of nitrogens with one attached hydrogen (secondary N) is 3. The minimum atomic E-state index is 0.251. The molecule has 10 heteroatoms. The maximum atomic E-state index is 6.16. The van der Waals surface area contributed by atoms with E-state index in [0.717, 1.165) is 22.8 Å². The van der Waals surface area contributed by atoms with Gasteiger partial charge in [0.1, 0.15) is 11.5 Å². The topological polar surface area (TPSA) is 109 Å². The minimum Gasteiger partial charge on any atom is -0.497 e. The minimum absolute atomic E-state index is 0.251. The molecule has 9 nitrogen and oxygen atoms in total. The Labute approximate surface area is 189 Å². The Morgan fingerprint density at radius 3 is 2.50 bits per heavy atom. The Kier molecular flexibility index (Phi) is 6.78. The SMILES string of the molecule is COc1ccc(Nc2nc(NCc3ccco3)nc(N/N=C/c3ccccc3Cl)n2)cc1. The van der Waals surface area contributed by atoms with Gasteiger partial charge in [0.25, 0.3) is 0 Å². The van der Waals surface area contributed by atoms with Crippen LogP contribution >= 0.6 is 11.6 Å². The Bertz CT molecular complexity index is 1180. The molecule has 162 valence electrons. The van der Waals surface area contributed by atoms with Crippen LogP contribution in [0.5, 0.6) is 5.75 Å². The van der Waals surface area contributed by atoms with E-state index in [0.29, 0.717) is 23.5 Å². The van der Waals surface area contributed by atoms with Gasteiger partial charge in [0, 0.05) is 16.3 Å². The Hall–Kier alpha value is -4.11. The largest absolute Gasteiger partial charge is 0.497 e. The van der Waals surface area contributed by atoms with Gasteiger partial charge in [-0.15, -0.1) is 0 Å². The smallest absolute Gasteiger partial charge is 0.250 e. The standard InChI is InChI=1S/C22H20ClN7O2/c1-31-17-10-8-16(9-11-17)26-21-27-20(24-14-18-6-4-12-32-18)28-22(29-21)30-25-13-15-5-2-3-7-19(15)23/h2-13H,14H2,1H3,(H3,24,26,27,28,29,30)/b25-13+. The third kappa shape index (κ3) is 5.73. The molecule has 0 aliphatic rings. The molecule has 0 fully saturated rings. The lowest BCUT2D eigenvalue weighted by Crippen LogP contribution is -2.09. The van der Waals surface area contributed by atoms with Crippen LogP contribution in [0, 0.1) is 0 Å². The molecule has 0 spiro atoms. The van der Waals surface area contributed by atoms with E-state index in [2.05, 4.69) is 36.1 Å². The molecule has 0 saturated heterocycles. The lowest BCUT2D eigenvalue weighted by atomic mass is 10.2. The highest BCUT2D eigenvalue weighted by Crippen LogP contribution is 2.20. The van der Waals surface area contributed by atoms with E-state index in [9.17, 15) is 0 Å². The van der Waals surface area contributed by atoms with Crippen LogP contribution in [0.4, 0.5) is 23.5 Å². The van der Waals surface area contributed by atoms with Crippen molar-refractivity contribution in [2.75, 3.05) is 23.2 Å². The zero-order valence-electron chi connectivity index (χ0n) is 17.1. The lowest BCUT2D eigenvalue weighted by Gasteiger charge is -2.10. The summed E-state index contributed by atoms with van der Waals surface area (Å²) in [4.78, 5) is 13.2. The van der Waals surface area contributed by atoms with Gasteiger partial charge in [0.2, 0.25) is 17.8 Å². The number of hydrogen-bond acceptors (Lipinski definition) is 9. The zero-order chi connectivity index (χ0) is 22.2. The normalized spacial score (nSPS) is 10.8. The number of furan rings is 1. The van der Waals surface area contributed by atoms with Gasteiger partial charge in [-0.05, 0) is 42.5 Å². The van der Waals surface area contributed by atoms with Crippen molar-refractivity contribution in [2.45, 2.75) is 6.54 Å². The number of methoxy groups -OCH3 is 1. The summed E-state index contributed by atoms with van der Waals surface area (Å²) in [6, 6.07) is 18.5. The summed E-state index contributed by atoms with van der Waals surface area (Å²) in [5.74, 6) is 2.44. The first-order chi connectivity index (χ1) is 15.7. The first kappa shape index (κ1) is 21.1. The average Bonchev–Trinajstić information content (AvgIpc) is 3.33. The Balaban J connectivity index is 1.53. The molecule has 0 radical (unpaired) electrons. The summed E-state index contributed by atoms with van der Waals surface area (Å²) < 4.78 is 10.5. The van der Waals surface area contributed by atoms with Crippen molar-refractivity contribution in [1.29, 1.82) is 0 Å². The molecule has 0 bridgehead atoms. The number of hydrazone groups is 1. The highest BCUT2D eigenvalue weighted by Gasteiger charge is 2.08. The number of nitrogens with zero attached hydrogens (tertiary/aromatic N) is 4. The summed E-state index contributed by atoms with van der Waals surface area (Å²) in [6.45, 7) is 0.418. The van der Waals surface area contributed by atoms with Crippen molar-refractivity contribution >= 4 is 41.3 Å². The number of hydrogen-bond donors (Lipinski definition) is 3.